The minimum Gasteiger partial charge on any atom is -0.379 e. The van der Waals surface area contributed by atoms with E-state index in [1.165, 1.54) is 77.3 Å². The number of fused-ring (bicyclic) bond motifs is 10. The molecular weight excluding hydrogens is 741 g/mol. The van der Waals surface area contributed by atoms with Crippen LogP contribution in [0.4, 0.5) is 9.59 Å². The van der Waals surface area contributed by atoms with E-state index in [9.17, 15) is 9.59 Å². The average Bonchev–Trinajstić information content (AvgIpc) is 4.03. The summed E-state index contributed by atoms with van der Waals surface area (Å²) < 4.78 is 17.0. The van der Waals surface area contributed by atoms with Crippen LogP contribution in [0, 0.1) is 11.8 Å². The van der Waals surface area contributed by atoms with Crippen LogP contribution in [0.25, 0.3) is 0 Å². The lowest BCUT2D eigenvalue weighted by molar-refractivity contribution is 0.0140. The van der Waals surface area contributed by atoms with E-state index in [1.54, 1.807) is 22.3 Å². The number of carbonyl (C=O) groups excluding carboxylic acids is 2. The maximum atomic E-state index is 12.5. The van der Waals surface area contributed by atoms with Gasteiger partial charge in [-0.2, -0.15) is 0 Å². The number of urea groups is 2. The molecule has 4 aliphatic heterocycles. The maximum Gasteiger partial charge on any atom is 0.315 e. The van der Waals surface area contributed by atoms with Crippen molar-refractivity contribution in [2.75, 3.05) is 65.8 Å². The molecule has 11 heteroatoms. The monoisotopic (exact) mass is 813 g/mol. The average molecular weight is 813 g/mol. The molecule has 8 rings (SSSR count). The van der Waals surface area contributed by atoms with E-state index in [4.69, 9.17) is 14.2 Å². The molecule has 2 saturated heterocycles. The number of nitrogens with one attached hydrogen (secondary N) is 4. The summed E-state index contributed by atoms with van der Waals surface area (Å²) in [7, 11) is 0. The molecule has 4 atom stereocenters. The molecule has 4 N–H and O–H groups in total. The smallest absolute Gasteiger partial charge is 0.315 e. The maximum absolute atomic E-state index is 12.5. The van der Waals surface area contributed by atoms with Gasteiger partial charge < -0.3 is 35.5 Å². The van der Waals surface area contributed by atoms with Gasteiger partial charge in [0.1, 0.15) is 0 Å². The normalized spacial score (nSPS) is 28.3. The predicted molar refractivity (Wildman–Crippen MR) is 231 cm³/mol. The second-order valence-electron chi connectivity index (χ2n) is 18.3. The van der Waals surface area contributed by atoms with Crippen molar-refractivity contribution < 1.29 is 23.8 Å². The van der Waals surface area contributed by atoms with Gasteiger partial charge in [-0.25, -0.2) is 9.59 Å². The van der Waals surface area contributed by atoms with Crippen LogP contribution in [0.2, 0.25) is 0 Å². The van der Waals surface area contributed by atoms with Crippen molar-refractivity contribution >= 4 is 12.1 Å². The molecule has 59 heavy (non-hydrogen) atoms. The van der Waals surface area contributed by atoms with Gasteiger partial charge in [0.15, 0.2) is 0 Å². The fraction of sp³-hybridized carbons (Fsp3) is 0.708. The van der Waals surface area contributed by atoms with E-state index in [2.05, 4.69) is 79.6 Å². The molecule has 0 radical (unpaired) electrons. The summed E-state index contributed by atoms with van der Waals surface area (Å²) in [6.45, 7) is 6.88. The van der Waals surface area contributed by atoms with Gasteiger partial charge in [-0.15, -0.1) is 0 Å². The van der Waals surface area contributed by atoms with Crippen LogP contribution in [0.3, 0.4) is 0 Å². The van der Waals surface area contributed by atoms with Crippen LogP contribution in [0.15, 0.2) is 48.5 Å². The van der Waals surface area contributed by atoms with Gasteiger partial charge in [0.2, 0.25) is 0 Å². The quantitative estimate of drug-likeness (QED) is 0.0889. The molecule has 324 valence electrons. The van der Waals surface area contributed by atoms with Crippen molar-refractivity contribution in [2.45, 2.75) is 139 Å². The summed E-state index contributed by atoms with van der Waals surface area (Å²) in [4.78, 5) is 30.5. The lowest BCUT2D eigenvalue weighted by Crippen LogP contribution is -2.44. The number of nitrogens with zero attached hydrogens (tertiary/aromatic N) is 2. The first-order chi connectivity index (χ1) is 29.1. The largest absolute Gasteiger partial charge is 0.379 e. The summed E-state index contributed by atoms with van der Waals surface area (Å²) in [6.07, 6.45) is 18.5. The highest BCUT2D eigenvalue weighted by atomic mass is 16.5. The van der Waals surface area contributed by atoms with Crippen LogP contribution in [-0.4, -0.2) is 99.8 Å². The highest BCUT2D eigenvalue weighted by Gasteiger charge is 2.44. The van der Waals surface area contributed by atoms with Crippen LogP contribution in [-0.2, 0) is 14.2 Å². The van der Waals surface area contributed by atoms with Gasteiger partial charge in [-0.05, 0) is 150 Å². The molecule has 2 aromatic rings. The van der Waals surface area contributed by atoms with Crippen LogP contribution in [0.1, 0.15) is 149 Å². The Morgan fingerprint density at radius 1 is 0.475 bits per heavy atom. The Hall–Kier alpha value is -3.22. The number of hydrogen-bond donors (Lipinski definition) is 4. The Morgan fingerprint density at radius 2 is 0.814 bits per heavy atom. The molecule has 2 aromatic carbocycles. The molecule has 4 amide bonds. The van der Waals surface area contributed by atoms with Gasteiger partial charge in [-0.3, -0.25) is 9.80 Å². The van der Waals surface area contributed by atoms with Crippen molar-refractivity contribution in [2.24, 2.45) is 11.8 Å². The summed E-state index contributed by atoms with van der Waals surface area (Å²) in [5.74, 6) is 1.54. The number of ether oxygens (including phenoxy) is 3. The molecule has 4 unspecified atom stereocenters. The molecule has 4 fully saturated rings. The van der Waals surface area contributed by atoms with Gasteiger partial charge in [0.25, 0.3) is 0 Å². The van der Waals surface area contributed by atoms with Crippen molar-refractivity contribution in [1.29, 1.82) is 0 Å². The predicted octanol–water partition coefficient (Wildman–Crippen LogP) is 8.10. The standard InChI is InChI=1S/C48H72N6O5/c55-47(51-37-15-11-35(12-16-37)23-27-53-43-19-20-44(53)40-8-2-1-7-39(40)43)49-25-5-29-57-31-33-59-34-32-58-30-6-26-50-48(56)52-38-17-13-36(14-18-38)24-28-54-45-21-22-46(54)42-10-4-3-9-41(42)45/h1-4,7-10,35-38,43-46H,5-6,11-34H2,(H2,49,51,55)(H2,50,52,56). The van der Waals surface area contributed by atoms with Crippen LogP contribution >= 0.6 is 0 Å². The zero-order chi connectivity index (χ0) is 40.2. The Kier molecular flexibility index (Phi) is 15.5. The topological polar surface area (TPSA) is 116 Å². The van der Waals surface area contributed by atoms with Gasteiger partial charge in [-0.1, -0.05) is 48.5 Å². The molecule has 4 bridgehead atoms. The molecule has 0 spiro atoms. The first-order valence-electron chi connectivity index (χ1n) is 23.6. The molecule has 2 saturated carbocycles. The Morgan fingerprint density at radius 3 is 1.17 bits per heavy atom. The number of benzene rings is 2. The zero-order valence-corrected chi connectivity index (χ0v) is 35.6. The molecular formula is C48H72N6O5. The number of rotatable bonds is 22. The molecule has 6 aliphatic rings. The van der Waals surface area contributed by atoms with Crippen LogP contribution in [0.5, 0.6) is 0 Å². The van der Waals surface area contributed by atoms with E-state index in [0.29, 0.717) is 76.9 Å². The molecule has 4 heterocycles. The first-order valence-corrected chi connectivity index (χ1v) is 23.6. The second-order valence-corrected chi connectivity index (χ2v) is 18.3. The van der Waals surface area contributed by atoms with Crippen LogP contribution < -0.4 is 21.3 Å². The fourth-order valence-corrected chi connectivity index (χ4v) is 11.5. The van der Waals surface area contributed by atoms with Gasteiger partial charge >= 0.3 is 12.1 Å². The lowest BCUT2D eigenvalue weighted by Gasteiger charge is -2.31. The van der Waals surface area contributed by atoms with Crippen molar-refractivity contribution in [3.05, 3.63) is 70.8 Å². The summed E-state index contributed by atoms with van der Waals surface area (Å²) in [6, 6.07) is 21.1. The fourth-order valence-electron chi connectivity index (χ4n) is 11.5. The Balaban J connectivity index is 0.548. The summed E-state index contributed by atoms with van der Waals surface area (Å²) >= 11 is 0. The van der Waals surface area contributed by atoms with E-state index in [-0.39, 0.29) is 24.1 Å². The van der Waals surface area contributed by atoms with Crippen molar-refractivity contribution in [3.8, 4) is 0 Å². The third-order valence-corrected chi connectivity index (χ3v) is 14.7. The lowest BCUT2D eigenvalue weighted by atomic mass is 9.84. The molecule has 11 nitrogen and oxygen atoms in total. The second kappa shape index (κ2) is 21.5. The highest BCUT2D eigenvalue weighted by Crippen LogP contribution is 2.54. The number of hydrogen-bond acceptors (Lipinski definition) is 7. The van der Waals surface area contributed by atoms with E-state index in [1.807, 2.05) is 0 Å². The van der Waals surface area contributed by atoms with E-state index < -0.39 is 0 Å². The molecule has 2 aliphatic carbocycles. The minimum absolute atomic E-state index is 0.0584. The number of amides is 4. The summed E-state index contributed by atoms with van der Waals surface area (Å²) in [5.41, 5.74) is 6.29. The Labute approximate surface area is 353 Å². The van der Waals surface area contributed by atoms with Crippen molar-refractivity contribution in [1.82, 2.24) is 31.1 Å². The third-order valence-electron chi connectivity index (χ3n) is 14.7. The zero-order valence-electron chi connectivity index (χ0n) is 35.6. The molecule has 0 aromatic heterocycles. The van der Waals surface area contributed by atoms with E-state index in [0.717, 1.165) is 50.4 Å². The Bertz CT molecular complexity index is 1450. The first kappa shape index (κ1) is 42.5. The number of carbonyl (C=O) groups is 2. The highest BCUT2D eigenvalue weighted by molar-refractivity contribution is 5.74. The third kappa shape index (κ3) is 11.2. The van der Waals surface area contributed by atoms with Crippen molar-refractivity contribution in [3.63, 3.8) is 0 Å². The minimum atomic E-state index is -0.0584. The summed E-state index contributed by atoms with van der Waals surface area (Å²) in [5, 5.41) is 12.4. The van der Waals surface area contributed by atoms with Gasteiger partial charge in [0, 0.05) is 62.6 Å². The van der Waals surface area contributed by atoms with Gasteiger partial charge in [0.05, 0.1) is 26.4 Å². The van der Waals surface area contributed by atoms with E-state index >= 15 is 0 Å². The SMILES string of the molecule is O=C(NCCCOCCOCCOCCCNC(=O)NC1CCC(CCN2C3CCC2c2ccccc23)CC1)NC1CCC(CCN2C3CCC2c2ccccc23)CC1.